The van der Waals surface area contributed by atoms with Crippen molar-refractivity contribution in [3.63, 3.8) is 0 Å². The van der Waals surface area contributed by atoms with Gasteiger partial charge in [-0.15, -0.1) is 24.8 Å². The number of nitrogens with one attached hydrogen (secondary N) is 1. The molecule has 2 heterocycles. The van der Waals surface area contributed by atoms with Gasteiger partial charge in [0, 0.05) is 37.9 Å². The highest BCUT2D eigenvalue weighted by Crippen LogP contribution is 2.26. The Morgan fingerprint density at radius 1 is 1.39 bits per heavy atom. The number of nitrogens with zero attached hydrogens (tertiary/aromatic N) is 2. The molecule has 0 saturated carbocycles. The molecule has 1 aliphatic heterocycles. The highest BCUT2D eigenvalue weighted by molar-refractivity contribution is 6.30. The molecule has 0 unspecified atom stereocenters. The van der Waals surface area contributed by atoms with Crippen molar-refractivity contribution in [3.8, 4) is 0 Å². The van der Waals surface area contributed by atoms with Gasteiger partial charge in [0.1, 0.15) is 11.8 Å². The fourth-order valence-electron chi connectivity index (χ4n) is 2.02. The Morgan fingerprint density at radius 2 is 2.06 bits per heavy atom. The second-order valence-electron chi connectivity index (χ2n) is 3.84. The Hall–Kier alpha value is -0.130. The summed E-state index contributed by atoms with van der Waals surface area (Å²) in [5.74, 6) is 0. The van der Waals surface area contributed by atoms with Crippen LogP contribution in [0.15, 0.2) is 18.3 Å². The molecule has 1 N–H and O–H groups in total. The molecule has 1 aromatic heterocycles. The molecule has 1 aliphatic rings. The highest BCUT2D eigenvalue weighted by atomic mass is 35.5. The molecule has 2 rings (SSSR count). The van der Waals surface area contributed by atoms with Crippen LogP contribution < -0.4 is 5.32 Å². The Morgan fingerprint density at radius 3 is 2.61 bits per heavy atom. The monoisotopic (exact) mass is 315 g/mol. The zero-order valence-electron chi connectivity index (χ0n) is 9.81. The van der Waals surface area contributed by atoms with Crippen LogP contribution in [0.25, 0.3) is 0 Å². The second kappa shape index (κ2) is 8.88. The number of alkyl halides is 1. The smallest absolute Gasteiger partial charge is 0.133 e. The van der Waals surface area contributed by atoms with Gasteiger partial charge in [0.2, 0.25) is 0 Å². The van der Waals surface area contributed by atoms with Gasteiger partial charge in [0.05, 0.1) is 6.04 Å². The maximum Gasteiger partial charge on any atom is 0.133 e. The third-order valence-corrected chi connectivity index (χ3v) is 3.20. The number of piperazine rings is 1. The molecule has 1 atom stereocenters. The molecule has 1 saturated heterocycles. The maximum atomic E-state index is 13.2. The van der Waals surface area contributed by atoms with E-state index < -0.39 is 6.67 Å². The number of hydrogen-bond donors (Lipinski definition) is 1. The van der Waals surface area contributed by atoms with Gasteiger partial charge >= 0.3 is 0 Å². The quantitative estimate of drug-likeness (QED) is 0.869. The van der Waals surface area contributed by atoms with Crippen LogP contribution in [0.1, 0.15) is 11.6 Å². The molecule has 0 radical (unpaired) electrons. The lowest BCUT2D eigenvalue weighted by Crippen LogP contribution is -2.45. The minimum atomic E-state index is -0.425. The Bertz CT molecular complexity index is 348. The van der Waals surface area contributed by atoms with Crippen LogP contribution in [-0.4, -0.2) is 42.7 Å². The van der Waals surface area contributed by atoms with Crippen LogP contribution in [0, 0.1) is 0 Å². The summed E-state index contributed by atoms with van der Waals surface area (Å²) in [6, 6.07) is 3.39. The van der Waals surface area contributed by atoms with E-state index in [1.807, 2.05) is 6.07 Å². The molecular weight excluding hydrogens is 299 g/mol. The SMILES string of the molecule is Cl.Cl.FC[C@H](c1cccnc1Cl)N1CCNCC1. The third kappa shape index (κ3) is 4.21. The first-order chi connectivity index (χ1) is 7.83. The summed E-state index contributed by atoms with van der Waals surface area (Å²) in [4.78, 5) is 6.11. The van der Waals surface area contributed by atoms with Crippen LogP contribution in [0.3, 0.4) is 0 Å². The number of rotatable bonds is 3. The Kier molecular flexibility index (Phi) is 8.82. The minimum Gasteiger partial charge on any atom is -0.314 e. The van der Waals surface area contributed by atoms with Gasteiger partial charge in [0.25, 0.3) is 0 Å². The first-order valence-electron chi connectivity index (χ1n) is 5.44. The zero-order valence-corrected chi connectivity index (χ0v) is 12.2. The van der Waals surface area contributed by atoms with Gasteiger partial charge in [-0.2, -0.15) is 0 Å². The average Bonchev–Trinajstić information content (AvgIpc) is 2.34. The largest absolute Gasteiger partial charge is 0.314 e. The predicted octanol–water partition coefficient (Wildman–Crippen LogP) is 2.49. The molecule has 0 amide bonds. The molecule has 0 bridgehead atoms. The van der Waals surface area contributed by atoms with Gasteiger partial charge in [-0.3, -0.25) is 4.90 Å². The lowest BCUT2D eigenvalue weighted by Gasteiger charge is -2.33. The van der Waals surface area contributed by atoms with Crippen LogP contribution in [-0.2, 0) is 0 Å². The lowest BCUT2D eigenvalue weighted by atomic mass is 10.1. The fourth-order valence-corrected chi connectivity index (χ4v) is 2.26. The van der Waals surface area contributed by atoms with Crippen molar-refractivity contribution in [3.05, 3.63) is 29.0 Å². The van der Waals surface area contributed by atoms with Gasteiger partial charge in [-0.1, -0.05) is 17.7 Å². The van der Waals surface area contributed by atoms with E-state index in [9.17, 15) is 4.39 Å². The summed E-state index contributed by atoms with van der Waals surface area (Å²) in [6.07, 6.45) is 1.62. The number of hydrogen-bond acceptors (Lipinski definition) is 3. The molecule has 0 aromatic carbocycles. The van der Waals surface area contributed by atoms with Crippen molar-refractivity contribution >= 4 is 36.4 Å². The summed E-state index contributed by atoms with van der Waals surface area (Å²) >= 11 is 6.00. The molecule has 7 heteroatoms. The zero-order chi connectivity index (χ0) is 11.4. The molecule has 18 heavy (non-hydrogen) atoms. The van der Waals surface area contributed by atoms with E-state index >= 15 is 0 Å². The van der Waals surface area contributed by atoms with Crippen LogP contribution in [0.2, 0.25) is 5.15 Å². The standard InChI is InChI=1S/C11H15ClFN3.2ClH/c12-11-9(2-1-3-15-11)10(8-13)16-6-4-14-5-7-16;;/h1-3,10,14H,4-8H2;2*1H/t10-;;/m1../s1. The molecule has 1 aromatic rings. The first kappa shape index (κ1) is 17.9. The van der Waals surface area contributed by atoms with Crippen molar-refractivity contribution in [2.45, 2.75) is 6.04 Å². The topological polar surface area (TPSA) is 28.2 Å². The van der Waals surface area contributed by atoms with Gasteiger partial charge < -0.3 is 5.32 Å². The molecule has 3 nitrogen and oxygen atoms in total. The molecular formula is C11H17Cl3FN3. The van der Waals surface area contributed by atoms with Gasteiger partial charge in [0.15, 0.2) is 0 Å². The predicted molar refractivity (Wildman–Crippen MR) is 76.9 cm³/mol. The third-order valence-electron chi connectivity index (χ3n) is 2.89. The van der Waals surface area contributed by atoms with Crippen LogP contribution in [0.5, 0.6) is 0 Å². The number of halogens is 4. The van der Waals surface area contributed by atoms with E-state index in [4.69, 9.17) is 11.6 Å². The maximum absolute atomic E-state index is 13.2. The van der Waals surface area contributed by atoms with E-state index in [0.29, 0.717) is 5.15 Å². The van der Waals surface area contributed by atoms with Crippen molar-refractivity contribution in [2.24, 2.45) is 0 Å². The summed E-state index contributed by atoms with van der Waals surface area (Å²) in [6.45, 7) is 3.06. The second-order valence-corrected chi connectivity index (χ2v) is 4.20. The van der Waals surface area contributed by atoms with E-state index in [1.165, 1.54) is 0 Å². The van der Waals surface area contributed by atoms with Crippen LogP contribution >= 0.6 is 36.4 Å². The molecule has 104 valence electrons. The van der Waals surface area contributed by atoms with E-state index in [1.54, 1.807) is 12.3 Å². The minimum absolute atomic E-state index is 0. The van der Waals surface area contributed by atoms with E-state index in [-0.39, 0.29) is 30.9 Å². The summed E-state index contributed by atoms with van der Waals surface area (Å²) < 4.78 is 13.2. The Labute approximate surface area is 124 Å². The van der Waals surface area contributed by atoms with Gasteiger partial charge in [-0.05, 0) is 6.07 Å². The van der Waals surface area contributed by atoms with Crippen molar-refractivity contribution in [1.29, 1.82) is 0 Å². The number of aromatic nitrogens is 1. The van der Waals surface area contributed by atoms with Crippen molar-refractivity contribution in [1.82, 2.24) is 15.2 Å². The molecule has 1 fully saturated rings. The number of pyridine rings is 1. The van der Waals surface area contributed by atoms with Crippen LogP contribution in [0.4, 0.5) is 4.39 Å². The Balaban J connectivity index is 0.00000144. The molecule has 0 spiro atoms. The lowest BCUT2D eigenvalue weighted by molar-refractivity contribution is 0.147. The summed E-state index contributed by atoms with van der Waals surface area (Å²) in [5.41, 5.74) is 0.786. The fraction of sp³-hybridized carbons (Fsp3) is 0.545. The van der Waals surface area contributed by atoms with Gasteiger partial charge in [-0.25, -0.2) is 9.37 Å². The normalized spacial score (nSPS) is 17.4. The van der Waals surface area contributed by atoms with E-state index in [2.05, 4.69) is 15.2 Å². The highest BCUT2D eigenvalue weighted by Gasteiger charge is 2.24. The summed E-state index contributed by atoms with van der Waals surface area (Å²) in [7, 11) is 0. The first-order valence-corrected chi connectivity index (χ1v) is 5.82. The van der Waals surface area contributed by atoms with Crippen molar-refractivity contribution in [2.75, 3.05) is 32.9 Å². The average molecular weight is 317 g/mol. The van der Waals surface area contributed by atoms with Crippen molar-refractivity contribution < 1.29 is 4.39 Å². The summed E-state index contributed by atoms with van der Waals surface area (Å²) in [5, 5.41) is 3.65. The van der Waals surface area contributed by atoms with E-state index in [0.717, 1.165) is 31.7 Å². The molecule has 0 aliphatic carbocycles.